The molecule has 0 unspecified atom stereocenters. The molecule has 0 aromatic carbocycles. The fourth-order valence-electron chi connectivity index (χ4n) is 2.91. The zero-order chi connectivity index (χ0) is 16.5. The van der Waals surface area contributed by atoms with Gasteiger partial charge in [-0.15, -0.1) is 11.3 Å². The number of aryl methyl sites for hydroxylation is 2. The molecular weight excluding hydrogens is 326 g/mol. The van der Waals surface area contributed by atoms with Gasteiger partial charge in [0, 0.05) is 22.8 Å². The van der Waals surface area contributed by atoms with Crippen LogP contribution in [0, 0.1) is 0 Å². The Morgan fingerprint density at radius 2 is 2.17 bits per heavy atom. The molecule has 7 heteroatoms. The van der Waals surface area contributed by atoms with Crippen molar-refractivity contribution in [2.75, 3.05) is 0 Å². The number of aromatic nitrogens is 3. The zero-order valence-corrected chi connectivity index (χ0v) is 13.7. The van der Waals surface area contributed by atoms with Crippen LogP contribution in [0.4, 0.5) is 0 Å². The van der Waals surface area contributed by atoms with Gasteiger partial charge in [0.2, 0.25) is 0 Å². The van der Waals surface area contributed by atoms with Gasteiger partial charge in [0.15, 0.2) is 4.96 Å². The van der Waals surface area contributed by atoms with E-state index in [4.69, 9.17) is 4.74 Å². The van der Waals surface area contributed by atoms with Gasteiger partial charge in [0.1, 0.15) is 12.3 Å². The topological polar surface area (TPSA) is 73.6 Å². The molecule has 0 radical (unpaired) electrons. The lowest BCUT2D eigenvalue weighted by Gasteiger charge is -2.10. The van der Waals surface area contributed by atoms with Gasteiger partial charge in [-0.2, -0.15) is 0 Å². The number of carbonyl (C=O) groups is 1. The third-order valence-electron chi connectivity index (χ3n) is 4.04. The highest BCUT2D eigenvalue weighted by atomic mass is 32.1. The van der Waals surface area contributed by atoms with Crippen molar-refractivity contribution in [2.45, 2.75) is 32.3 Å². The molecule has 3 heterocycles. The summed E-state index contributed by atoms with van der Waals surface area (Å²) in [4.78, 5) is 34.7. The Morgan fingerprint density at radius 1 is 1.29 bits per heavy atom. The first kappa shape index (κ1) is 15.0. The molecule has 0 spiro atoms. The third kappa shape index (κ3) is 2.71. The maximum absolute atomic E-state index is 12.4. The Bertz CT molecular complexity index is 962. The van der Waals surface area contributed by atoms with Crippen molar-refractivity contribution in [1.29, 1.82) is 0 Å². The highest BCUT2D eigenvalue weighted by molar-refractivity contribution is 7.17. The van der Waals surface area contributed by atoms with E-state index in [2.05, 4.69) is 9.97 Å². The number of hydrogen-bond acceptors (Lipinski definition) is 6. The largest absolute Gasteiger partial charge is 0.454 e. The number of thiazole rings is 1. The van der Waals surface area contributed by atoms with Crippen LogP contribution >= 0.6 is 11.3 Å². The second-order valence-corrected chi connectivity index (χ2v) is 6.74. The number of hydrogen-bond donors (Lipinski definition) is 0. The number of pyridine rings is 1. The van der Waals surface area contributed by atoms with Crippen molar-refractivity contribution in [3.63, 3.8) is 0 Å². The molecule has 0 saturated heterocycles. The van der Waals surface area contributed by atoms with Gasteiger partial charge in [-0.1, -0.05) is 6.07 Å². The van der Waals surface area contributed by atoms with Crippen molar-refractivity contribution >= 4 is 22.3 Å². The smallest absolute Gasteiger partial charge is 0.357 e. The van der Waals surface area contributed by atoms with E-state index in [1.807, 2.05) is 0 Å². The molecule has 0 N–H and O–H groups in total. The highest BCUT2D eigenvalue weighted by Gasteiger charge is 2.19. The number of esters is 1. The molecule has 122 valence electrons. The van der Waals surface area contributed by atoms with E-state index >= 15 is 0 Å². The summed E-state index contributed by atoms with van der Waals surface area (Å²) in [6.45, 7) is -0.0380. The molecule has 0 amide bonds. The van der Waals surface area contributed by atoms with Crippen LogP contribution in [0.2, 0.25) is 0 Å². The predicted octanol–water partition coefficient (Wildman–Crippen LogP) is 2.39. The van der Waals surface area contributed by atoms with Gasteiger partial charge >= 0.3 is 5.97 Å². The van der Waals surface area contributed by atoms with Crippen molar-refractivity contribution in [3.8, 4) is 0 Å². The summed E-state index contributed by atoms with van der Waals surface area (Å²) in [5.41, 5.74) is 1.68. The minimum atomic E-state index is -0.525. The molecule has 1 aliphatic carbocycles. The van der Waals surface area contributed by atoms with E-state index in [9.17, 15) is 9.59 Å². The standard InChI is InChI=1S/C17H15N3O3S/c21-15-9-11(10-23-16(22)12-5-3-4-8-18-12)19-17-20(15)13-6-1-2-7-14(13)24-17/h3-5,8-9H,1-2,6-7,10H2. The van der Waals surface area contributed by atoms with Crippen LogP contribution < -0.4 is 5.56 Å². The van der Waals surface area contributed by atoms with Gasteiger partial charge in [-0.3, -0.25) is 9.20 Å². The van der Waals surface area contributed by atoms with E-state index in [0.29, 0.717) is 10.7 Å². The average Bonchev–Trinajstić information content (AvgIpc) is 2.99. The Hall–Kier alpha value is -2.54. The van der Waals surface area contributed by atoms with E-state index in [0.717, 1.165) is 31.4 Å². The van der Waals surface area contributed by atoms with Crippen LogP contribution in [0.1, 0.15) is 39.6 Å². The molecule has 3 aromatic heterocycles. The minimum Gasteiger partial charge on any atom is -0.454 e. The lowest BCUT2D eigenvalue weighted by Crippen LogP contribution is -2.18. The van der Waals surface area contributed by atoms with E-state index in [1.54, 1.807) is 33.9 Å². The monoisotopic (exact) mass is 341 g/mol. The maximum atomic E-state index is 12.4. The summed E-state index contributed by atoms with van der Waals surface area (Å²) in [5.74, 6) is -0.525. The predicted molar refractivity (Wildman–Crippen MR) is 89.3 cm³/mol. The second-order valence-electron chi connectivity index (χ2n) is 5.67. The molecule has 0 atom stereocenters. The summed E-state index contributed by atoms with van der Waals surface area (Å²) >= 11 is 1.56. The molecule has 0 bridgehead atoms. The van der Waals surface area contributed by atoms with Crippen molar-refractivity contribution in [1.82, 2.24) is 14.4 Å². The van der Waals surface area contributed by atoms with Crippen LogP contribution in [-0.2, 0) is 24.2 Å². The van der Waals surface area contributed by atoms with E-state index < -0.39 is 5.97 Å². The average molecular weight is 341 g/mol. The summed E-state index contributed by atoms with van der Waals surface area (Å²) in [7, 11) is 0. The van der Waals surface area contributed by atoms with Crippen LogP contribution in [0.5, 0.6) is 0 Å². The molecular formula is C17H15N3O3S. The Balaban J connectivity index is 1.59. The Kier molecular flexibility index (Phi) is 3.86. The number of fused-ring (bicyclic) bond motifs is 3. The first-order chi connectivity index (χ1) is 11.7. The maximum Gasteiger partial charge on any atom is 0.357 e. The van der Waals surface area contributed by atoms with Gasteiger partial charge in [-0.05, 0) is 37.8 Å². The molecule has 3 aromatic rings. The molecule has 24 heavy (non-hydrogen) atoms. The van der Waals surface area contributed by atoms with Crippen LogP contribution in [0.15, 0.2) is 35.3 Å². The molecule has 6 nitrogen and oxygen atoms in total. The zero-order valence-electron chi connectivity index (χ0n) is 12.9. The molecule has 0 fully saturated rings. The van der Waals surface area contributed by atoms with Crippen LogP contribution in [0.3, 0.4) is 0 Å². The van der Waals surface area contributed by atoms with Crippen molar-refractivity contribution < 1.29 is 9.53 Å². The van der Waals surface area contributed by atoms with E-state index in [-0.39, 0.29) is 17.9 Å². The molecule has 1 aliphatic rings. The Morgan fingerprint density at radius 3 is 3.00 bits per heavy atom. The summed E-state index contributed by atoms with van der Waals surface area (Å²) in [6.07, 6.45) is 5.72. The quantitative estimate of drug-likeness (QED) is 0.684. The minimum absolute atomic E-state index is 0.0380. The highest BCUT2D eigenvalue weighted by Crippen LogP contribution is 2.28. The number of nitrogens with zero attached hydrogens (tertiary/aromatic N) is 3. The van der Waals surface area contributed by atoms with Gasteiger partial charge in [0.05, 0.1) is 5.69 Å². The van der Waals surface area contributed by atoms with Crippen molar-refractivity contribution in [3.05, 3.63) is 62.8 Å². The first-order valence-electron chi connectivity index (χ1n) is 7.84. The third-order valence-corrected chi connectivity index (χ3v) is 5.18. The lowest BCUT2D eigenvalue weighted by atomic mass is 10.0. The van der Waals surface area contributed by atoms with Gasteiger partial charge in [-0.25, -0.2) is 14.8 Å². The summed E-state index contributed by atoms with van der Waals surface area (Å²) in [5, 5.41) is 0. The second kappa shape index (κ2) is 6.16. The molecule has 0 saturated carbocycles. The fraction of sp³-hybridized carbons (Fsp3) is 0.294. The summed E-state index contributed by atoms with van der Waals surface area (Å²) in [6, 6.07) is 6.48. The number of carbonyl (C=O) groups excluding carboxylic acids is 1. The Labute approximate surface area is 141 Å². The first-order valence-corrected chi connectivity index (χ1v) is 8.65. The van der Waals surface area contributed by atoms with Gasteiger partial charge in [0.25, 0.3) is 5.56 Å². The number of ether oxygens (including phenoxy) is 1. The molecule has 4 rings (SSSR count). The summed E-state index contributed by atoms with van der Waals surface area (Å²) < 4.78 is 6.91. The van der Waals surface area contributed by atoms with Crippen LogP contribution in [0.25, 0.3) is 4.96 Å². The SMILES string of the molecule is O=C(OCc1cc(=O)n2c3c(sc2n1)CCCC3)c1ccccn1. The van der Waals surface area contributed by atoms with Crippen LogP contribution in [-0.4, -0.2) is 20.3 Å². The molecule has 0 aliphatic heterocycles. The lowest BCUT2D eigenvalue weighted by molar-refractivity contribution is 0.0461. The van der Waals surface area contributed by atoms with Gasteiger partial charge < -0.3 is 4.74 Å². The van der Waals surface area contributed by atoms with Crippen molar-refractivity contribution in [2.24, 2.45) is 0 Å². The normalized spacial score (nSPS) is 13.7. The van der Waals surface area contributed by atoms with E-state index in [1.165, 1.54) is 17.1 Å². The number of rotatable bonds is 3. The fourth-order valence-corrected chi connectivity index (χ4v) is 4.14.